The number of ether oxygens (including phenoxy) is 3. The minimum Gasteiger partial charge on any atom is -0.493 e. The number of amides is 1. The summed E-state index contributed by atoms with van der Waals surface area (Å²) < 4.78 is 16.9. The molecule has 0 unspecified atom stereocenters. The van der Waals surface area contributed by atoms with Gasteiger partial charge in [0, 0.05) is 6.42 Å². The molecule has 1 N–H and O–H groups in total. The third kappa shape index (κ3) is 7.21. The highest BCUT2D eigenvalue weighted by molar-refractivity contribution is 5.83. The summed E-state index contributed by atoms with van der Waals surface area (Å²) in [5, 5.41) is 4.01. The Balaban J connectivity index is 1.23. The maximum atomic E-state index is 12.1. The van der Waals surface area contributed by atoms with E-state index in [0.29, 0.717) is 23.9 Å². The van der Waals surface area contributed by atoms with Gasteiger partial charge in [0.25, 0.3) is 5.91 Å². The lowest BCUT2D eigenvalue weighted by Crippen LogP contribution is -2.24. The number of methoxy groups -OCH3 is 1. The summed E-state index contributed by atoms with van der Waals surface area (Å²) in [6.45, 7) is 0.401. The van der Waals surface area contributed by atoms with E-state index in [-0.39, 0.29) is 12.5 Å². The summed E-state index contributed by atoms with van der Waals surface area (Å²) in [5.41, 5.74) is 6.66. The van der Waals surface area contributed by atoms with Gasteiger partial charge in [-0.1, -0.05) is 72.8 Å². The van der Waals surface area contributed by atoms with E-state index in [0.717, 1.165) is 23.1 Å². The molecule has 0 radical (unpaired) electrons. The summed E-state index contributed by atoms with van der Waals surface area (Å²) in [6, 6.07) is 33.3. The highest BCUT2D eigenvalue weighted by Gasteiger charge is 2.06. The number of hydrazone groups is 1. The van der Waals surface area contributed by atoms with Gasteiger partial charge in [-0.2, -0.15) is 5.10 Å². The van der Waals surface area contributed by atoms with Crippen molar-refractivity contribution in [1.29, 1.82) is 0 Å². The van der Waals surface area contributed by atoms with Crippen molar-refractivity contribution in [2.45, 2.75) is 6.42 Å². The number of hydrogen-bond donors (Lipinski definition) is 1. The average molecular weight is 481 g/mol. The second-order valence-corrected chi connectivity index (χ2v) is 7.97. The minimum absolute atomic E-state index is 0.139. The standard InChI is InChI=1S/C30H28N2O4/c1-34-29-20-24(12-17-28(29)35-19-18-23-8-4-2-5-9-23)21-31-32-30(33)22-36-27-15-13-26(14-16-27)25-10-6-3-7-11-25/h2-17,20-21H,18-19,22H2,1H3,(H,32,33)/b31-21+. The Morgan fingerprint density at radius 2 is 1.50 bits per heavy atom. The quantitative estimate of drug-likeness (QED) is 0.227. The van der Waals surface area contributed by atoms with Crippen molar-refractivity contribution < 1.29 is 19.0 Å². The van der Waals surface area contributed by atoms with Crippen LogP contribution in [0.4, 0.5) is 0 Å². The molecule has 0 fully saturated rings. The molecule has 0 saturated heterocycles. The molecule has 1 amide bonds. The van der Waals surface area contributed by atoms with Crippen LogP contribution in [0, 0.1) is 0 Å². The monoisotopic (exact) mass is 480 g/mol. The van der Waals surface area contributed by atoms with Gasteiger partial charge in [-0.15, -0.1) is 0 Å². The van der Waals surface area contributed by atoms with E-state index < -0.39 is 0 Å². The first-order chi connectivity index (χ1) is 17.7. The predicted molar refractivity (Wildman–Crippen MR) is 142 cm³/mol. The summed E-state index contributed by atoms with van der Waals surface area (Å²) >= 11 is 0. The van der Waals surface area contributed by atoms with Gasteiger partial charge in [0.05, 0.1) is 19.9 Å². The van der Waals surface area contributed by atoms with Crippen LogP contribution in [0.15, 0.2) is 108 Å². The molecule has 4 rings (SSSR count). The zero-order valence-corrected chi connectivity index (χ0v) is 20.1. The summed E-state index contributed by atoms with van der Waals surface area (Å²) in [4.78, 5) is 12.1. The molecule has 0 saturated carbocycles. The van der Waals surface area contributed by atoms with Crippen LogP contribution < -0.4 is 19.6 Å². The Morgan fingerprint density at radius 1 is 0.806 bits per heavy atom. The summed E-state index contributed by atoms with van der Waals surface area (Å²) in [7, 11) is 1.59. The number of nitrogens with zero attached hydrogens (tertiary/aromatic N) is 1. The molecule has 6 heteroatoms. The molecule has 0 aliphatic rings. The van der Waals surface area contributed by atoms with Gasteiger partial charge < -0.3 is 14.2 Å². The van der Waals surface area contributed by atoms with E-state index in [2.05, 4.69) is 22.7 Å². The van der Waals surface area contributed by atoms with E-state index in [1.807, 2.05) is 84.9 Å². The predicted octanol–water partition coefficient (Wildman–Crippen LogP) is 5.51. The lowest BCUT2D eigenvalue weighted by molar-refractivity contribution is -0.123. The molecule has 0 bridgehead atoms. The Morgan fingerprint density at radius 3 is 2.22 bits per heavy atom. The number of rotatable bonds is 11. The average Bonchev–Trinajstić information content (AvgIpc) is 2.94. The van der Waals surface area contributed by atoms with Crippen molar-refractivity contribution in [1.82, 2.24) is 5.43 Å². The van der Waals surface area contributed by atoms with Crippen LogP contribution in [0.25, 0.3) is 11.1 Å². The first-order valence-electron chi connectivity index (χ1n) is 11.7. The molecule has 0 spiro atoms. The Bertz CT molecular complexity index is 1270. The van der Waals surface area contributed by atoms with E-state index >= 15 is 0 Å². The molecule has 0 atom stereocenters. The molecule has 0 aliphatic heterocycles. The fourth-order valence-electron chi connectivity index (χ4n) is 3.54. The number of benzene rings is 4. The van der Waals surface area contributed by atoms with Gasteiger partial charge in [0.2, 0.25) is 0 Å². The summed E-state index contributed by atoms with van der Waals surface area (Å²) in [5.74, 6) is 1.51. The Kier molecular flexibility index (Phi) is 8.70. The maximum absolute atomic E-state index is 12.1. The number of hydrogen-bond acceptors (Lipinski definition) is 5. The zero-order chi connectivity index (χ0) is 25.0. The van der Waals surface area contributed by atoms with Crippen LogP contribution in [0.2, 0.25) is 0 Å². The van der Waals surface area contributed by atoms with Crippen LogP contribution >= 0.6 is 0 Å². The van der Waals surface area contributed by atoms with Gasteiger partial charge in [-0.25, -0.2) is 5.43 Å². The van der Waals surface area contributed by atoms with Crippen LogP contribution in [0.5, 0.6) is 17.2 Å². The number of carbonyl (C=O) groups excluding carboxylic acids is 1. The van der Waals surface area contributed by atoms with Crippen LogP contribution in [-0.4, -0.2) is 32.4 Å². The first kappa shape index (κ1) is 24.5. The van der Waals surface area contributed by atoms with Gasteiger partial charge in [-0.3, -0.25) is 4.79 Å². The van der Waals surface area contributed by atoms with Gasteiger partial charge in [-0.05, 0) is 52.6 Å². The molecule has 4 aromatic rings. The topological polar surface area (TPSA) is 69.2 Å². The molecular weight excluding hydrogens is 452 g/mol. The maximum Gasteiger partial charge on any atom is 0.277 e. The third-order valence-electron chi connectivity index (χ3n) is 5.41. The number of carbonyl (C=O) groups is 1. The minimum atomic E-state index is -0.355. The van der Waals surface area contributed by atoms with Crippen molar-refractivity contribution in [2.75, 3.05) is 20.3 Å². The smallest absolute Gasteiger partial charge is 0.277 e. The van der Waals surface area contributed by atoms with Crippen molar-refractivity contribution in [2.24, 2.45) is 5.10 Å². The third-order valence-corrected chi connectivity index (χ3v) is 5.41. The highest BCUT2D eigenvalue weighted by Crippen LogP contribution is 2.27. The fourth-order valence-corrected chi connectivity index (χ4v) is 3.54. The number of nitrogens with one attached hydrogen (secondary N) is 1. The second-order valence-electron chi connectivity index (χ2n) is 7.97. The van der Waals surface area contributed by atoms with Crippen LogP contribution in [0.1, 0.15) is 11.1 Å². The Labute approximate surface area is 211 Å². The molecule has 4 aromatic carbocycles. The van der Waals surface area contributed by atoms with Gasteiger partial charge in [0.1, 0.15) is 5.75 Å². The largest absolute Gasteiger partial charge is 0.493 e. The Hall–Kier alpha value is -4.58. The lowest BCUT2D eigenvalue weighted by Gasteiger charge is -2.11. The van der Waals surface area contributed by atoms with Crippen LogP contribution in [-0.2, 0) is 11.2 Å². The van der Waals surface area contributed by atoms with Gasteiger partial charge >= 0.3 is 0 Å². The first-order valence-corrected chi connectivity index (χ1v) is 11.7. The van der Waals surface area contributed by atoms with Crippen molar-refractivity contribution in [3.05, 3.63) is 114 Å². The molecule has 6 nitrogen and oxygen atoms in total. The molecular formula is C30H28N2O4. The SMILES string of the molecule is COc1cc(/C=N/NC(=O)COc2ccc(-c3ccccc3)cc2)ccc1OCCc1ccccc1. The van der Waals surface area contributed by atoms with E-state index in [1.165, 1.54) is 5.56 Å². The second kappa shape index (κ2) is 12.8. The zero-order valence-electron chi connectivity index (χ0n) is 20.1. The normalized spacial score (nSPS) is 10.7. The van der Waals surface area contributed by atoms with E-state index in [1.54, 1.807) is 19.4 Å². The molecule has 182 valence electrons. The summed E-state index contributed by atoms with van der Waals surface area (Å²) in [6.07, 6.45) is 2.35. The molecule has 0 aromatic heterocycles. The molecule has 0 heterocycles. The van der Waals surface area contributed by atoms with Crippen molar-refractivity contribution >= 4 is 12.1 Å². The molecule has 0 aliphatic carbocycles. The fraction of sp³-hybridized carbons (Fsp3) is 0.133. The van der Waals surface area contributed by atoms with Crippen LogP contribution in [0.3, 0.4) is 0 Å². The van der Waals surface area contributed by atoms with Gasteiger partial charge in [0.15, 0.2) is 18.1 Å². The van der Waals surface area contributed by atoms with Crippen molar-refractivity contribution in [3.8, 4) is 28.4 Å². The highest BCUT2D eigenvalue weighted by atomic mass is 16.5. The lowest BCUT2D eigenvalue weighted by atomic mass is 10.1. The van der Waals surface area contributed by atoms with E-state index in [4.69, 9.17) is 14.2 Å². The van der Waals surface area contributed by atoms with Crippen molar-refractivity contribution in [3.63, 3.8) is 0 Å². The van der Waals surface area contributed by atoms with E-state index in [9.17, 15) is 4.79 Å². The molecule has 36 heavy (non-hydrogen) atoms.